The first-order chi connectivity index (χ1) is 8.99. The molecule has 0 bridgehead atoms. The molecular formula is C13H13BrN2O2S. The summed E-state index contributed by atoms with van der Waals surface area (Å²) in [6.07, 6.45) is 0. The molecule has 0 saturated heterocycles. The van der Waals surface area contributed by atoms with E-state index in [1.165, 1.54) is 4.88 Å². The van der Waals surface area contributed by atoms with Crippen LogP contribution in [0.2, 0.25) is 0 Å². The number of nitrogens with zero attached hydrogens (tertiary/aromatic N) is 1. The summed E-state index contributed by atoms with van der Waals surface area (Å²) < 4.78 is 1.08. The predicted molar refractivity (Wildman–Crippen MR) is 81.9 cm³/mol. The minimum absolute atomic E-state index is 0.167. The molecule has 2 aromatic rings. The molecule has 19 heavy (non-hydrogen) atoms. The van der Waals surface area contributed by atoms with E-state index in [2.05, 4.69) is 21.2 Å². The van der Waals surface area contributed by atoms with E-state index in [0.29, 0.717) is 12.1 Å². The van der Waals surface area contributed by atoms with Crippen molar-refractivity contribution in [3.05, 3.63) is 54.2 Å². The van der Waals surface area contributed by atoms with Crippen LogP contribution >= 0.6 is 27.3 Å². The molecule has 1 aromatic carbocycles. The molecule has 100 valence electrons. The largest absolute Gasteiger partial charge is 0.380 e. The van der Waals surface area contributed by atoms with Gasteiger partial charge in [0.25, 0.3) is 5.69 Å². The van der Waals surface area contributed by atoms with Crippen LogP contribution in [0.3, 0.4) is 0 Å². The number of rotatable bonds is 4. The van der Waals surface area contributed by atoms with Crippen LogP contribution in [0, 0.1) is 24.0 Å². The second-order valence-corrected chi connectivity index (χ2v) is 6.11. The van der Waals surface area contributed by atoms with Crippen molar-refractivity contribution in [2.24, 2.45) is 0 Å². The number of thiophene rings is 1. The summed E-state index contributed by atoms with van der Waals surface area (Å²) in [5.41, 5.74) is 2.65. The monoisotopic (exact) mass is 340 g/mol. The molecule has 0 unspecified atom stereocenters. The Morgan fingerprint density at radius 2 is 2.11 bits per heavy atom. The maximum Gasteiger partial charge on any atom is 0.272 e. The standard InChI is InChI=1S/C13H13BrN2O2S/c1-8-6-12(16(17)18)9(2)5-11(8)15-7-13-10(14)3-4-19-13/h3-6,15H,7H2,1-2H3. The van der Waals surface area contributed by atoms with E-state index < -0.39 is 0 Å². The van der Waals surface area contributed by atoms with Gasteiger partial charge in [-0.05, 0) is 52.9 Å². The highest BCUT2D eigenvalue weighted by Gasteiger charge is 2.13. The number of nitro groups is 1. The third-order valence-corrected chi connectivity index (χ3v) is 4.80. The normalized spacial score (nSPS) is 10.5. The number of halogens is 1. The first-order valence-electron chi connectivity index (χ1n) is 5.70. The van der Waals surface area contributed by atoms with Crippen molar-refractivity contribution < 1.29 is 4.92 Å². The van der Waals surface area contributed by atoms with Crippen molar-refractivity contribution in [1.29, 1.82) is 0 Å². The fraction of sp³-hybridized carbons (Fsp3) is 0.231. The number of hydrogen-bond donors (Lipinski definition) is 1. The zero-order valence-electron chi connectivity index (χ0n) is 10.6. The van der Waals surface area contributed by atoms with E-state index >= 15 is 0 Å². The van der Waals surface area contributed by atoms with Crippen LogP contribution in [0.5, 0.6) is 0 Å². The van der Waals surface area contributed by atoms with Gasteiger partial charge in [-0.2, -0.15) is 0 Å². The Hall–Kier alpha value is -1.40. The number of aryl methyl sites for hydroxylation is 2. The molecule has 1 heterocycles. The van der Waals surface area contributed by atoms with E-state index in [9.17, 15) is 10.1 Å². The molecule has 0 spiro atoms. The highest BCUT2D eigenvalue weighted by atomic mass is 79.9. The molecule has 2 rings (SSSR count). The minimum Gasteiger partial charge on any atom is -0.380 e. The summed E-state index contributed by atoms with van der Waals surface area (Å²) in [5.74, 6) is 0. The quantitative estimate of drug-likeness (QED) is 0.651. The Morgan fingerprint density at radius 1 is 1.37 bits per heavy atom. The van der Waals surface area contributed by atoms with E-state index in [4.69, 9.17) is 0 Å². The minimum atomic E-state index is -0.345. The summed E-state index contributed by atoms with van der Waals surface area (Å²) in [5, 5.41) is 16.2. The Morgan fingerprint density at radius 3 is 2.68 bits per heavy atom. The van der Waals surface area contributed by atoms with Crippen LogP contribution in [-0.4, -0.2) is 4.92 Å². The van der Waals surface area contributed by atoms with Crippen molar-refractivity contribution in [3.63, 3.8) is 0 Å². The van der Waals surface area contributed by atoms with Crippen molar-refractivity contribution in [3.8, 4) is 0 Å². The lowest BCUT2D eigenvalue weighted by atomic mass is 10.1. The van der Waals surface area contributed by atoms with Crippen molar-refractivity contribution in [1.82, 2.24) is 0 Å². The smallest absolute Gasteiger partial charge is 0.272 e. The van der Waals surface area contributed by atoms with Gasteiger partial charge >= 0.3 is 0 Å². The molecule has 1 aromatic heterocycles. The summed E-state index contributed by atoms with van der Waals surface area (Å²) in [7, 11) is 0. The maximum absolute atomic E-state index is 10.9. The van der Waals surface area contributed by atoms with Gasteiger partial charge in [0.1, 0.15) is 0 Å². The van der Waals surface area contributed by atoms with Crippen LogP contribution in [0.15, 0.2) is 28.1 Å². The highest BCUT2D eigenvalue weighted by Crippen LogP contribution is 2.28. The Balaban J connectivity index is 2.20. The molecule has 0 atom stereocenters. The zero-order chi connectivity index (χ0) is 14.0. The van der Waals surface area contributed by atoms with Gasteiger partial charge < -0.3 is 5.32 Å². The fourth-order valence-corrected chi connectivity index (χ4v) is 3.25. The highest BCUT2D eigenvalue weighted by molar-refractivity contribution is 9.10. The summed E-state index contributed by atoms with van der Waals surface area (Å²) in [6.45, 7) is 4.33. The van der Waals surface area contributed by atoms with Gasteiger partial charge in [0.2, 0.25) is 0 Å². The fourth-order valence-electron chi connectivity index (χ4n) is 1.81. The van der Waals surface area contributed by atoms with E-state index in [-0.39, 0.29) is 10.6 Å². The molecule has 0 aliphatic heterocycles. The van der Waals surface area contributed by atoms with E-state index in [0.717, 1.165) is 15.7 Å². The van der Waals surface area contributed by atoms with Crippen molar-refractivity contribution in [2.75, 3.05) is 5.32 Å². The third-order valence-electron chi connectivity index (χ3n) is 2.87. The van der Waals surface area contributed by atoms with E-state index in [1.807, 2.05) is 24.4 Å². The first-order valence-corrected chi connectivity index (χ1v) is 7.37. The van der Waals surface area contributed by atoms with Crippen LogP contribution in [-0.2, 0) is 6.54 Å². The van der Waals surface area contributed by atoms with E-state index in [1.54, 1.807) is 24.3 Å². The summed E-state index contributed by atoms with van der Waals surface area (Å²) in [6, 6.07) is 5.45. The van der Waals surface area contributed by atoms with Gasteiger partial charge in [-0.1, -0.05) is 0 Å². The first kappa shape index (κ1) is 14.0. The van der Waals surface area contributed by atoms with Crippen molar-refractivity contribution in [2.45, 2.75) is 20.4 Å². The Labute approximate surface area is 123 Å². The topological polar surface area (TPSA) is 55.2 Å². The average molecular weight is 341 g/mol. The molecule has 0 amide bonds. The van der Waals surface area contributed by atoms with Gasteiger partial charge in [-0.25, -0.2) is 0 Å². The number of hydrogen-bond acceptors (Lipinski definition) is 4. The second kappa shape index (κ2) is 5.71. The molecule has 0 radical (unpaired) electrons. The number of benzene rings is 1. The van der Waals surface area contributed by atoms with Crippen LogP contribution in [0.25, 0.3) is 0 Å². The maximum atomic E-state index is 10.9. The lowest BCUT2D eigenvalue weighted by molar-refractivity contribution is -0.385. The molecule has 1 N–H and O–H groups in total. The van der Waals surface area contributed by atoms with Gasteiger partial charge in [-0.3, -0.25) is 10.1 Å². The number of nitro benzene ring substituents is 1. The van der Waals surface area contributed by atoms with Gasteiger partial charge in [0, 0.05) is 26.7 Å². The zero-order valence-corrected chi connectivity index (χ0v) is 13.0. The molecule has 0 saturated carbocycles. The molecule has 6 heteroatoms. The molecule has 0 fully saturated rings. The number of nitrogens with one attached hydrogen (secondary N) is 1. The summed E-state index contributed by atoms with van der Waals surface area (Å²) in [4.78, 5) is 11.7. The lowest BCUT2D eigenvalue weighted by Crippen LogP contribution is -2.02. The molecule has 4 nitrogen and oxygen atoms in total. The SMILES string of the molecule is Cc1cc([N+](=O)[O-])c(C)cc1NCc1sccc1Br. The van der Waals surface area contributed by atoms with Crippen LogP contribution in [0.4, 0.5) is 11.4 Å². The summed E-state index contributed by atoms with van der Waals surface area (Å²) >= 11 is 5.15. The van der Waals surface area contributed by atoms with Crippen LogP contribution in [0.1, 0.15) is 16.0 Å². The van der Waals surface area contributed by atoms with Gasteiger partial charge in [-0.15, -0.1) is 11.3 Å². The Bertz CT molecular complexity index is 625. The van der Waals surface area contributed by atoms with Crippen LogP contribution < -0.4 is 5.32 Å². The van der Waals surface area contributed by atoms with Crippen molar-refractivity contribution >= 4 is 38.6 Å². The molecule has 0 aliphatic carbocycles. The number of anilines is 1. The average Bonchev–Trinajstić information content (AvgIpc) is 2.75. The van der Waals surface area contributed by atoms with Gasteiger partial charge in [0.15, 0.2) is 0 Å². The molecular weight excluding hydrogens is 328 g/mol. The lowest BCUT2D eigenvalue weighted by Gasteiger charge is -2.10. The third kappa shape index (κ3) is 3.13. The predicted octanol–water partition coefficient (Wildman–Crippen LogP) is 4.65. The van der Waals surface area contributed by atoms with Gasteiger partial charge in [0.05, 0.1) is 11.5 Å². The second-order valence-electron chi connectivity index (χ2n) is 4.26. The Kier molecular flexibility index (Phi) is 4.21. The molecule has 0 aliphatic rings.